The van der Waals surface area contributed by atoms with Crippen LogP contribution in [-0.4, -0.2) is 36.4 Å². The molecule has 2 aromatic rings. The first kappa shape index (κ1) is 13.5. The minimum absolute atomic E-state index is 0.747. The van der Waals surface area contributed by atoms with Gasteiger partial charge in [-0.3, -0.25) is 5.10 Å². The lowest BCUT2D eigenvalue weighted by Crippen LogP contribution is -2.28. The number of nitrogens with one attached hydrogen (secondary N) is 2. The Bertz CT molecular complexity index is 585. The number of aromatic nitrogens is 2. The Morgan fingerprint density at radius 1 is 1.25 bits per heavy atom. The van der Waals surface area contributed by atoms with Gasteiger partial charge in [-0.05, 0) is 32.0 Å². The molecule has 4 nitrogen and oxygen atoms in total. The number of hydrogen-bond donors (Lipinski definition) is 2. The third kappa shape index (κ3) is 2.67. The van der Waals surface area contributed by atoms with Crippen molar-refractivity contribution in [3.05, 3.63) is 34.9 Å². The van der Waals surface area contributed by atoms with E-state index in [0.29, 0.717) is 0 Å². The Balaban J connectivity index is 1.91. The van der Waals surface area contributed by atoms with Crippen molar-refractivity contribution in [2.45, 2.75) is 13.3 Å². The Kier molecular flexibility index (Phi) is 3.94. The Morgan fingerprint density at radius 3 is 3.00 bits per heavy atom. The Morgan fingerprint density at radius 2 is 2.15 bits per heavy atom. The van der Waals surface area contributed by atoms with Crippen LogP contribution in [0.2, 0.25) is 5.02 Å². The number of halogens is 1. The zero-order valence-corrected chi connectivity index (χ0v) is 12.4. The molecule has 1 aliphatic rings. The summed E-state index contributed by atoms with van der Waals surface area (Å²) in [6.45, 7) is 6.27. The summed E-state index contributed by atoms with van der Waals surface area (Å²) >= 11 is 6.07. The first-order valence-electron chi connectivity index (χ1n) is 7.02. The maximum atomic E-state index is 6.07. The van der Waals surface area contributed by atoms with Crippen molar-refractivity contribution >= 4 is 17.4 Å². The summed E-state index contributed by atoms with van der Waals surface area (Å²) in [6, 6.07) is 7.88. The summed E-state index contributed by atoms with van der Waals surface area (Å²) < 4.78 is 0. The van der Waals surface area contributed by atoms with Crippen molar-refractivity contribution in [1.82, 2.24) is 15.5 Å². The van der Waals surface area contributed by atoms with Gasteiger partial charge >= 0.3 is 0 Å². The molecule has 0 amide bonds. The molecule has 106 valence electrons. The van der Waals surface area contributed by atoms with Crippen molar-refractivity contribution in [1.29, 1.82) is 0 Å². The first-order valence-corrected chi connectivity index (χ1v) is 7.40. The van der Waals surface area contributed by atoms with Crippen molar-refractivity contribution in [2.24, 2.45) is 0 Å². The van der Waals surface area contributed by atoms with Gasteiger partial charge < -0.3 is 10.2 Å². The Labute approximate surface area is 124 Å². The summed E-state index contributed by atoms with van der Waals surface area (Å²) in [4.78, 5) is 2.35. The van der Waals surface area contributed by atoms with E-state index in [0.717, 1.165) is 54.7 Å². The molecule has 0 bridgehead atoms. The average Bonchev–Trinajstić information content (AvgIpc) is 2.65. The molecule has 0 unspecified atom stereocenters. The van der Waals surface area contributed by atoms with Crippen LogP contribution in [0.4, 0.5) is 5.82 Å². The van der Waals surface area contributed by atoms with Crippen LogP contribution in [0.5, 0.6) is 0 Å². The van der Waals surface area contributed by atoms with Crippen LogP contribution >= 0.6 is 11.6 Å². The van der Waals surface area contributed by atoms with Gasteiger partial charge in [0.15, 0.2) is 5.82 Å². The van der Waals surface area contributed by atoms with E-state index < -0.39 is 0 Å². The minimum Gasteiger partial charge on any atom is -0.354 e. The summed E-state index contributed by atoms with van der Waals surface area (Å²) in [5, 5.41) is 11.8. The maximum Gasteiger partial charge on any atom is 0.153 e. The normalized spacial score (nSPS) is 16.2. The molecule has 5 heteroatoms. The van der Waals surface area contributed by atoms with Crippen molar-refractivity contribution in [2.75, 3.05) is 31.1 Å². The van der Waals surface area contributed by atoms with Crippen molar-refractivity contribution in [3.63, 3.8) is 0 Å². The number of hydrogen-bond acceptors (Lipinski definition) is 3. The van der Waals surface area contributed by atoms with Gasteiger partial charge in [0.2, 0.25) is 0 Å². The van der Waals surface area contributed by atoms with E-state index in [2.05, 4.69) is 33.4 Å². The highest BCUT2D eigenvalue weighted by Gasteiger charge is 2.17. The second-order valence-corrected chi connectivity index (χ2v) is 5.58. The molecule has 1 saturated heterocycles. The second kappa shape index (κ2) is 5.85. The monoisotopic (exact) mass is 290 g/mol. The van der Waals surface area contributed by atoms with Gasteiger partial charge in [-0.1, -0.05) is 23.7 Å². The number of anilines is 1. The molecule has 3 rings (SSSR count). The number of aromatic amines is 1. The Hall–Kier alpha value is -1.52. The molecule has 1 aliphatic heterocycles. The molecule has 0 saturated carbocycles. The zero-order chi connectivity index (χ0) is 13.9. The van der Waals surface area contributed by atoms with Gasteiger partial charge in [0.05, 0.1) is 5.69 Å². The van der Waals surface area contributed by atoms with E-state index in [1.54, 1.807) is 0 Å². The predicted octanol–water partition coefficient (Wildman–Crippen LogP) is 2.84. The van der Waals surface area contributed by atoms with E-state index in [-0.39, 0.29) is 0 Å². The van der Waals surface area contributed by atoms with Crippen LogP contribution in [0.15, 0.2) is 24.3 Å². The molecule has 0 atom stereocenters. The van der Waals surface area contributed by atoms with Gasteiger partial charge in [0, 0.05) is 35.8 Å². The number of nitrogens with zero attached hydrogens (tertiary/aromatic N) is 2. The maximum absolute atomic E-state index is 6.07. The molecular weight excluding hydrogens is 272 g/mol. The summed E-state index contributed by atoms with van der Waals surface area (Å²) in [7, 11) is 0. The largest absolute Gasteiger partial charge is 0.354 e. The molecule has 2 heterocycles. The van der Waals surface area contributed by atoms with Crippen LogP contribution in [-0.2, 0) is 0 Å². The average molecular weight is 291 g/mol. The highest BCUT2D eigenvalue weighted by molar-refractivity contribution is 6.30. The third-order valence-electron chi connectivity index (χ3n) is 3.74. The van der Waals surface area contributed by atoms with Gasteiger partial charge in [0.1, 0.15) is 0 Å². The first-order chi connectivity index (χ1) is 9.75. The predicted molar refractivity (Wildman–Crippen MR) is 83.5 cm³/mol. The molecule has 2 N–H and O–H groups in total. The fourth-order valence-electron chi connectivity index (χ4n) is 2.68. The van der Waals surface area contributed by atoms with Gasteiger partial charge in [0.25, 0.3) is 0 Å². The second-order valence-electron chi connectivity index (χ2n) is 5.15. The summed E-state index contributed by atoms with van der Waals surface area (Å²) in [5.74, 6) is 1.06. The zero-order valence-electron chi connectivity index (χ0n) is 11.6. The van der Waals surface area contributed by atoms with Crippen LogP contribution in [0.25, 0.3) is 11.3 Å². The molecule has 1 aromatic heterocycles. The van der Waals surface area contributed by atoms with Crippen LogP contribution in [0.1, 0.15) is 12.0 Å². The van der Waals surface area contributed by atoms with E-state index in [4.69, 9.17) is 11.6 Å². The van der Waals surface area contributed by atoms with E-state index in [1.807, 2.05) is 18.2 Å². The molecular formula is C15H19ClN4. The molecule has 0 spiro atoms. The van der Waals surface area contributed by atoms with Gasteiger partial charge in [-0.25, -0.2) is 0 Å². The fourth-order valence-corrected chi connectivity index (χ4v) is 2.87. The van der Waals surface area contributed by atoms with E-state index in [9.17, 15) is 0 Å². The molecule has 0 aliphatic carbocycles. The fraction of sp³-hybridized carbons (Fsp3) is 0.400. The number of H-pyrrole nitrogens is 1. The SMILES string of the molecule is Cc1c(N2CCCNCC2)n[nH]c1-c1cccc(Cl)c1. The molecule has 0 radical (unpaired) electrons. The third-order valence-corrected chi connectivity index (χ3v) is 3.97. The van der Waals surface area contributed by atoms with Gasteiger partial charge in [-0.15, -0.1) is 0 Å². The van der Waals surface area contributed by atoms with Crippen LogP contribution in [0, 0.1) is 6.92 Å². The highest BCUT2D eigenvalue weighted by atomic mass is 35.5. The van der Waals surface area contributed by atoms with Crippen molar-refractivity contribution in [3.8, 4) is 11.3 Å². The number of rotatable bonds is 2. The quantitative estimate of drug-likeness (QED) is 0.894. The van der Waals surface area contributed by atoms with Gasteiger partial charge in [-0.2, -0.15) is 5.10 Å². The van der Waals surface area contributed by atoms with Crippen LogP contribution < -0.4 is 10.2 Å². The van der Waals surface area contributed by atoms with E-state index >= 15 is 0 Å². The lowest BCUT2D eigenvalue weighted by molar-refractivity contribution is 0.724. The van der Waals surface area contributed by atoms with Crippen molar-refractivity contribution < 1.29 is 0 Å². The molecule has 1 aromatic carbocycles. The summed E-state index contributed by atoms with van der Waals surface area (Å²) in [5.41, 5.74) is 3.33. The highest BCUT2D eigenvalue weighted by Crippen LogP contribution is 2.29. The minimum atomic E-state index is 0.747. The van der Waals surface area contributed by atoms with Crippen LogP contribution in [0.3, 0.4) is 0 Å². The molecule has 1 fully saturated rings. The lowest BCUT2D eigenvalue weighted by Gasteiger charge is -2.20. The number of benzene rings is 1. The molecule has 20 heavy (non-hydrogen) atoms. The topological polar surface area (TPSA) is 44.0 Å². The smallest absolute Gasteiger partial charge is 0.153 e. The summed E-state index contributed by atoms with van der Waals surface area (Å²) in [6.07, 6.45) is 1.15. The lowest BCUT2D eigenvalue weighted by atomic mass is 10.1. The standard InChI is InChI=1S/C15H19ClN4/c1-11-14(12-4-2-5-13(16)10-12)18-19-15(11)20-8-3-6-17-7-9-20/h2,4-5,10,17H,3,6-9H2,1H3,(H,18,19). The van der Waals surface area contributed by atoms with E-state index in [1.165, 1.54) is 5.56 Å².